The summed E-state index contributed by atoms with van der Waals surface area (Å²) in [6.45, 7) is 5.91. The van der Waals surface area contributed by atoms with E-state index in [9.17, 15) is 4.79 Å². The van der Waals surface area contributed by atoms with Gasteiger partial charge in [-0.25, -0.2) is 4.68 Å². The van der Waals surface area contributed by atoms with E-state index in [1.54, 1.807) is 13.3 Å². The largest absolute Gasteiger partial charge is 0.497 e. The molecule has 0 saturated heterocycles. The molecule has 1 aromatic heterocycles. The van der Waals surface area contributed by atoms with Crippen LogP contribution in [-0.4, -0.2) is 40.7 Å². The number of nitrogens with zero attached hydrogens (tertiary/aromatic N) is 3. The first-order chi connectivity index (χ1) is 13.5. The van der Waals surface area contributed by atoms with Gasteiger partial charge >= 0.3 is 0 Å². The Bertz CT molecular complexity index is 757. The number of carbonyl (C=O) groups is 1. The lowest BCUT2D eigenvalue weighted by Crippen LogP contribution is -2.42. The second kappa shape index (κ2) is 9.68. The predicted molar refractivity (Wildman–Crippen MR) is 106 cm³/mol. The smallest absolute Gasteiger partial charge is 0.223 e. The van der Waals surface area contributed by atoms with Gasteiger partial charge in [-0.2, -0.15) is 0 Å². The van der Waals surface area contributed by atoms with Crippen molar-refractivity contribution >= 4 is 5.91 Å². The molecule has 0 unspecified atom stereocenters. The molecule has 0 spiro atoms. The van der Waals surface area contributed by atoms with Gasteiger partial charge in [-0.15, -0.1) is 5.10 Å². The van der Waals surface area contributed by atoms with Crippen LogP contribution in [0.15, 0.2) is 30.5 Å². The van der Waals surface area contributed by atoms with Gasteiger partial charge in [0.2, 0.25) is 5.91 Å². The first kappa shape index (κ1) is 20.3. The SMILES string of the molecule is COc1ccc(C[C@@H]2CCn3nncc3COC[C@@H](CC(C)C)NC2=O)cc1. The second-order valence-corrected chi connectivity index (χ2v) is 7.84. The summed E-state index contributed by atoms with van der Waals surface area (Å²) in [7, 11) is 1.65. The zero-order valence-corrected chi connectivity index (χ0v) is 16.9. The quantitative estimate of drug-likeness (QED) is 0.855. The Morgan fingerprint density at radius 2 is 2.11 bits per heavy atom. The summed E-state index contributed by atoms with van der Waals surface area (Å²) in [5.41, 5.74) is 2.06. The lowest BCUT2D eigenvalue weighted by molar-refractivity contribution is -0.126. The first-order valence-electron chi connectivity index (χ1n) is 9.93. The van der Waals surface area contributed by atoms with E-state index < -0.39 is 0 Å². The number of ether oxygens (including phenoxy) is 2. The van der Waals surface area contributed by atoms with E-state index in [-0.39, 0.29) is 17.9 Å². The van der Waals surface area contributed by atoms with Gasteiger partial charge in [0.05, 0.1) is 38.3 Å². The zero-order valence-electron chi connectivity index (χ0n) is 16.9. The lowest BCUT2D eigenvalue weighted by atomic mass is 9.94. The van der Waals surface area contributed by atoms with Gasteiger partial charge in [0.25, 0.3) is 0 Å². The van der Waals surface area contributed by atoms with Crippen molar-refractivity contribution in [2.24, 2.45) is 11.8 Å². The summed E-state index contributed by atoms with van der Waals surface area (Å²) < 4.78 is 12.9. The Kier molecular flexibility index (Phi) is 7.03. The number of rotatable bonds is 5. The molecule has 7 nitrogen and oxygen atoms in total. The van der Waals surface area contributed by atoms with Gasteiger partial charge in [-0.05, 0) is 42.9 Å². The van der Waals surface area contributed by atoms with Crippen molar-refractivity contribution in [2.45, 2.75) is 52.3 Å². The highest BCUT2D eigenvalue weighted by molar-refractivity contribution is 5.79. The molecule has 2 aromatic rings. The van der Waals surface area contributed by atoms with Crippen LogP contribution in [0.4, 0.5) is 0 Å². The summed E-state index contributed by atoms with van der Waals surface area (Å²) in [4.78, 5) is 13.1. The topological polar surface area (TPSA) is 78.3 Å². The molecule has 3 rings (SSSR count). The molecule has 0 bridgehead atoms. The normalized spacial score (nSPS) is 20.9. The molecule has 1 aliphatic heterocycles. The summed E-state index contributed by atoms with van der Waals surface area (Å²) in [5.74, 6) is 1.23. The van der Waals surface area contributed by atoms with Gasteiger partial charge in [-0.1, -0.05) is 31.2 Å². The van der Waals surface area contributed by atoms with Crippen molar-refractivity contribution in [3.63, 3.8) is 0 Å². The third-order valence-electron chi connectivity index (χ3n) is 5.07. The fourth-order valence-electron chi connectivity index (χ4n) is 3.59. The highest BCUT2D eigenvalue weighted by atomic mass is 16.5. The Morgan fingerprint density at radius 1 is 1.32 bits per heavy atom. The Morgan fingerprint density at radius 3 is 2.82 bits per heavy atom. The Labute approximate surface area is 166 Å². The van der Waals surface area contributed by atoms with Gasteiger partial charge in [-0.3, -0.25) is 4.79 Å². The number of methoxy groups -OCH3 is 1. The molecule has 0 radical (unpaired) electrons. The third kappa shape index (κ3) is 5.55. The molecular weight excluding hydrogens is 356 g/mol. The maximum atomic E-state index is 13.1. The van der Waals surface area contributed by atoms with Crippen LogP contribution >= 0.6 is 0 Å². The van der Waals surface area contributed by atoms with E-state index in [0.29, 0.717) is 38.5 Å². The van der Waals surface area contributed by atoms with Gasteiger partial charge < -0.3 is 14.8 Å². The number of hydrogen-bond donors (Lipinski definition) is 1. The molecule has 1 aliphatic rings. The van der Waals surface area contributed by atoms with Crippen LogP contribution in [0.5, 0.6) is 5.75 Å². The summed E-state index contributed by atoms with van der Waals surface area (Å²) >= 11 is 0. The molecule has 1 aromatic carbocycles. The van der Waals surface area contributed by atoms with Crippen molar-refractivity contribution in [3.8, 4) is 5.75 Å². The third-order valence-corrected chi connectivity index (χ3v) is 5.07. The molecule has 152 valence electrons. The van der Waals surface area contributed by atoms with Crippen LogP contribution in [0.3, 0.4) is 0 Å². The molecule has 0 fully saturated rings. The fraction of sp³-hybridized carbons (Fsp3) is 0.571. The van der Waals surface area contributed by atoms with E-state index in [0.717, 1.165) is 23.4 Å². The zero-order chi connectivity index (χ0) is 19.9. The number of carbonyl (C=O) groups excluding carboxylic acids is 1. The molecule has 2 atom stereocenters. The van der Waals surface area contributed by atoms with Crippen LogP contribution in [0.1, 0.15) is 37.9 Å². The van der Waals surface area contributed by atoms with Gasteiger partial charge in [0.1, 0.15) is 5.75 Å². The number of fused-ring (bicyclic) bond motifs is 1. The number of nitrogens with one attached hydrogen (secondary N) is 1. The molecule has 1 amide bonds. The molecule has 0 saturated carbocycles. The molecule has 0 aliphatic carbocycles. The Hall–Kier alpha value is -2.41. The summed E-state index contributed by atoms with van der Waals surface area (Å²) in [5, 5.41) is 11.4. The number of amides is 1. The average molecular weight is 386 g/mol. The highest BCUT2D eigenvalue weighted by Gasteiger charge is 2.24. The standard InChI is InChI=1S/C21H30N4O3/c1-15(2)10-18-13-28-14-19-12-22-24-25(19)9-8-17(21(26)23-18)11-16-4-6-20(27-3)7-5-16/h4-7,12,15,17-18H,8-11,13-14H2,1-3H3,(H,23,26)/t17-,18+/m0/s1. The maximum absolute atomic E-state index is 13.1. The van der Waals surface area contributed by atoms with E-state index in [1.165, 1.54) is 0 Å². The van der Waals surface area contributed by atoms with Crippen LogP contribution in [-0.2, 0) is 29.1 Å². The number of aromatic nitrogens is 3. The van der Waals surface area contributed by atoms with E-state index in [4.69, 9.17) is 9.47 Å². The lowest BCUT2D eigenvalue weighted by Gasteiger charge is -2.23. The summed E-state index contributed by atoms with van der Waals surface area (Å²) in [6, 6.07) is 7.92. The van der Waals surface area contributed by atoms with Crippen molar-refractivity contribution in [1.82, 2.24) is 20.3 Å². The highest BCUT2D eigenvalue weighted by Crippen LogP contribution is 2.19. The van der Waals surface area contributed by atoms with Gasteiger partial charge in [0, 0.05) is 12.5 Å². The molecule has 2 heterocycles. The molecular formula is C21H30N4O3. The van der Waals surface area contributed by atoms with Crippen molar-refractivity contribution in [2.75, 3.05) is 13.7 Å². The van der Waals surface area contributed by atoms with E-state index in [1.807, 2.05) is 28.9 Å². The van der Waals surface area contributed by atoms with Gasteiger partial charge in [0.15, 0.2) is 0 Å². The first-order valence-corrected chi connectivity index (χ1v) is 9.93. The molecule has 7 heteroatoms. The number of benzene rings is 1. The van der Waals surface area contributed by atoms with Crippen molar-refractivity contribution in [1.29, 1.82) is 0 Å². The number of hydrogen-bond acceptors (Lipinski definition) is 5. The average Bonchev–Trinajstić information content (AvgIpc) is 3.11. The Balaban J connectivity index is 1.78. The van der Waals surface area contributed by atoms with E-state index >= 15 is 0 Å². The second-order valence-electron chi connectivity index (χ2n) is 7.84. The van der Waals surface area contributed by atoms with Crippen molar-refractivity contribution in [3.05, 3.63) is 41.7 Å². The minimum Gasteiger partial charge on any atom is -0.497 e. The molecule has 1 N–H and O–H groups in total. The van der Waals surface area contributed by atoms with Crippen LogP contribution < -0.4 is 10.1 Å². The predicted octanol–water partition coefficient (Wildman–Crippen LogP) is 2.60. The van der Waals surface area contributed by atoms with Crippen LogP contribution in [0.2, 0.25) is 0 Å². The summed E-state index contributed by atoms with van der Waals surface area (Å²) in [6.07, 6.45) is 4.00. The van der Waals surface area contributed by atoms with Crippen LogP contribution in [0, 0.1) is 11.8 Å². The molecule has 28 heavy (non-hydrogen) atoms. The van der Waals surface area contributed by atoms with Crippen molar-refractivity contribution < 1.29 is 14.3 Å². The van der Waals surface area contributed by atoms with E-state index in [2.05, 4.69) is 29.5 Å². The fourth-order valence-corrected chi connectivity index (χ4v) is 3.59. The number of aryl methyl sites for hydroxylation is 1. The van der Waals surface area contributed by atoms with Crippen LogP contribution in [0.25, 0.3) is 0 Å². The minimum absolute atomic E-state index is 0.00768. The monoisotopic (exact) mass is 386 g/mol. The minimum atomic E-state index is -0.141. The maximum Gasteiger partial charge on any atom is 0.223 e.